The second kappa shape index (κ2) is 5.94. The Morgan fingerprint density at radius 2 is 2.36 bits per heavy atom. The van der Waals surface area contributed by atoms with Crippen LogP contribution in [0.1, 0.15) is 6.92 Å². The topological polar surface area (TPSA) is 109 Å². The molecule has 2 N–H and O–H groups in total. The number of carbonyl (C=O) groups is 2. The monoisotopic (exact) mass is 342 g/mol. The lowest BCUT2D eigenvalue weighted by Gasteiger charge is -2.43. The Hall–Kier alpha value is -1.52. The van der Waals surface area contributed by atoms with Crippen LogP contribution < -0.4 is 0 Å². The molecule has 3 atom stereocenters. The molecule has 2 aliphatic heterocycles. The Morgan fingerprint density at radius 1 is 1.59 bits per heavy atom. The molecular weight excluding hydrogens is 328 g/mol. The Bertz CT molecular complexity index is 631. The molecule has 1 aromatic rings. The van der Waals surface area contributed by atoms with Crippen molar-refractivity contribution >= 4 is 35.4 Å². The Labute approximate surface area is 134 Å². The maximum absolute atomic E-state index is 12.0. The summed E-state index contributed by atoms with van der Waals surface area (Å²) in [6, 6.07) is 0. The predicted molar refractivity (Wildman–Crippen MR) is 80.5 cm³/mol. The number of aromatic nitrogens is 3. The van der Waals surface area contributed by atoms with Crippen LogP contribution in [0, 0.1) is 5.92 Å². The third kappa shape index (κ3) is 2.50. The lowest BCUT2D eigenvalue weighted by molar-refractivity contribution is -0.156. The van der Waals surface area contributed by atoms with E-state index in [9.17, 15) is 19.8 Å². The molecule has 2 aliphatic rings. The fourth-order valence-corrected chi connectivity index (χ4v) is 5.36. The van der Waals surface area contributed by atoms with Gasteiger partial charge in [-0.2, -0.15) is 5.10 Å². The number of aryl methyl sites for hydroxylation is 1. The second-order valence-electron chi connectivity index (χ2n) is 4.93. The number of fused-ring (bicyclic) bond motifs is 1. The number of hydrogen-bond acceptors (Lipinski definition) is 7. The van der Waals surface area contributed by atoms with Crippen molar-refractivity contribution in [1.82, 2.24) is 19.7 Å². The van der Waals surface area contributed by atoms with Crippen molar-refractivity contribution in [3.05, 3.63) is 22.6 Å². The molecule has 118 valence electrons. The number of rotatable bonds is 6. The fourth-order valence-electron chi connectivity index (χ4n) is 2.43. The number of carboxylic acid groups (broad SMARTS) is 1. The van der Waals surface area contributed by atoms with Crippen molar-refractivity contribution < 1.29 is 19.8 Å². The summed E-state index contributed by atoms with van der Waals surface area (Å²) >= 11 is 2.72. The summed E-state index contributed by atoms with van der Waals surface area (Å²) in [4.78, 5) is 28.6. The highest BCUT2D eigenvalue weighted by atomic mass is 32.2. The molecule has 10 heteroatoms. The number of β-lactam (4-membered cyclic amide) rings is 1. The van der Waals surface area contributed by atoms with Gasteiger partial charge >= 0.3 is 5.97 Å². The van der Waals surface area contributed by atoms with E-state index in [4.69, 9.17) is 0 Å². The first kappa shape index (κ1) is 15.4. The average molecular weight is 342 g/mol. The number of nitrogens with zero attached hydrogens (tertiary/aromatic N) is 4. The zero-order chi connectivity index (χ0) is 15.9. The van der Waals surface area contributed by atoms with Crippen LogP contribution in [0.3, 0.4) is 0 Å². The highest BCUT2D eigenvalue weighted by Gasteiger charge is 2.57. The molecule has 0 saturated carbocycles. The van der Waals surface area contributed by atoms with Gasteiger partial charge in [0.05, 0.1) is 22.8 Å². The van der Waals surface area contributed by atoms with E-state index in [0.717, 1.165) is 0 Å². The maximum Gasteiger partial charge on any atom is 0.354 e. The summed E-state index contributed by atoms with van der Waals surface area (Å²) in [7, 11) is 0. The van der Waals surface area contributed by atoms with Crippen molar-refractivity contribution in [2.45, 2.75) is 24.9 Å². The fraction of sp³-hybridized carbons (Fsp3) is 0.500. The minimum atomic E-state index is -1.12. The van der Waals surface area contributed by atoms with Crippen molar-refractivity contribution in [1.29, 1.82) is 0 Å². The molecule has 8 nitrogen and oxygen atoms in total. The van der Waals surface area contributed by atoms with Crippen molar-refractivity contribution in [2.75, 3.05) is 5.75 Å². The number of aliphatic carboxylic acids is 1. The van der Waals surface area contributed by atoms with Gasteiger partial charge in [0, 0.05) is 5.75 Å². The number of aliphatic hydroxyl groups excluding tert-OH is 1. The molecule has 1 fully saturated rings. The van der Waals surface area contributed by atoms with Crippen molar-refractivity contribution in [3.8, 4) is 0 Å². The molecule has 0 bridgehead atoms. The van der Waals surface area contributed by atoms with Gasteiger partial charge in [0.25, 0.3) is 0 Å². The molecule has 22 heavy (non-hydrogen) atoms. The van der Waals surface area contributed by atoms with Crippen LogP contribution in [-0.2, 0) is 16.1 Å². The molecule has 1 unspecified atom stereocenters. The smallest absolute Gasteiger partial charge is 0.354 e. The van der Waals surface area contributed by atoms with Crippen LogP contribution >= 0.6 is 23.5 Å². The summed E-state index contributed by atoms with van der Waals surface area (Å²) in [5.41, 5.74) is 0.0282. The molecule has 0 spiro atoms. The summed E-state index contributed by atoms with van der Waals surface area (Å²) in [6.07, 6.45) is 2.25. The minimum absolute atomic E-state index is 0.0282. The van der Waals surface area contributed by atoms with Crippen LogP contribution in [0.4, 0.5) is 0 Å². The van der Waals surface area contributed by atoms with Gasteiger partial charge in [0.2, 0.25) is 5.91 Å². The highest BCUT2D eigenvalue weighted by Crippen LogP contribution is 2.53. The van der Waals surface area contributed by atoms with E-state index in [1.807, 2.05) is 0 Å². The zero-order valence-corrected chi connectivity index (χ0v) is 13.3. The van der Waals surface area contributed by atoms with E-state index >= 15 is 0 Å². The molecule has 0 aromatic carbocycles. The minimum Gasteiger partial charge on any atom is -0.477 e. The standard InChI is InChI=1S/C12H14N4O4S2/c1-6(17)7-9(18)16-8(11(19)20)12(22-10(7)16)21-3-2-15-5-13-4-14-15/h4-7,10,17H,2-3H2,1H3,(H,19,20)/t6?,7-,10+/m0/s1. The molecule has 1 amide bonds. The van der Waals surface area contributed by atoms with Gasteiger partial charge in [-0.15, -0.1) is 11.8 Å². The summed E-state index contributed by atoms with van der Waals surface area (Å²) < 4.78 is 2.26. The van der Waals surface area contributed by atoms with E-state index < -0.39 is 18.0 Å². The van der Waals surface area contributed by atoms with Gasteiger partial charge in [0.1, 0.15) is 18.0 Å². The van der Waals surface area contributed by atoms with Gasteiger partial charge in [-0.1, -0.05) is 11.8 Å². The Morgan fingerprint density at radius 3 is 2.95 bits per heavy atom. The summed E-state index contributed by atoms with van der Waals surface area (Å²) in [5, 5.41) is 22.7. The van der Waals surface area contributed by atoms with E-state index in [2.05, 4.69) is 10.1 Å². The van der Waals surface area contributed by atoms with Gasteiger partial charge in [0.15, 0.2) is 5.70 Å². The van der Waals surface area contributed by atoms with Crippen molar-refractivity contribution in [3.63, 3.8) is 0 Å². The van der Waals surface area contributed by atoms with Gasteiger partial charge in [-0.05, 0) is 6.92 Å². The number of carboxylic acids is 1. The molecule has 1 saturated heterocycles. The normalized spacial score (nSPS) is 25.2. The lowest BCUT2D eigenvalue weighted by atomic mass is 9.92. The van der Waals surface area contributed by atoms with Crippen LogP contribution in [-0.4, -0.2) is 59.0 Å². The van der Waals surface area contributed by atoms with Gasteiger partial charge in [-0.3, -0.25) is 14.4 Å². The van der Waals surface area contributed by atoms with Crippen LogP contribution in [0.25, 0.3) is 0 Å². The third-order valence-corrected chi connectivity index (χ3v) is 6.13. The summed E-state index contributed by atoms with van der Waals surface area (Å²) in [6.45, 7) is 2.15. The average Bonchev–Trinajstić information content (AvgIpc) is 3.04. The molecule has 3 heterocycles. The number of amides is 1. The molecule has 0 aliphatic carbocycles. The Balaban J connectivity index is 1.70. The maximum atomic E-state index is 12.0. The van der Waals surface area contributed by atoms with Crippen LogP contribution in [0.15, 0.2) is 22.6 Å². The second-order valence-corrected chi connectivity index (χ2v) is 7.42. The third-order valence-electron chi connectivity index (χ3n) is 3.49. The molecule has 1 aromatic heterocycles. The van der Waals surface area contributed by atoms with Gasteiger partial charge in [-0.25, -0.2) is 9.78 Å². The predicted octanol–water partition coefficient (Wildman–Crippen LogP) is 0.177. The van der Waals surface area contributed by atoms with E-state index in [0.29, 0.717) is 16.5 Å². The zero-order valence-electron chi connectivity index (χ0n) is 11.6. The molecule has 0 radical (unpaired) electrons. The first-order valence-corrected chi connectivity index (χ1v) is 8.48. The number of thioether (sulfide) groups is 2. The molecular formula is C12H14N4O4S2. The van der Waals surface area contributed by atoms with E-state index in [-0.39, 0.29) is 17.0 Å². The lowest BCUT2D eigenvalue weighted by Crippen LogP contribution is -2.60. The molecule has 3 rings (SSSR count). The highest BCUT2D eigenvalue weighted by molar-refractivity contribution is 8.22. The largest absolute Gasteiger partial charge is 0.477 e. The SMILES string of the molecule is CC(O)[C@H]1C(=O)N2C(C(=O)O)=C(SCCn3cncn3)S[C@H]12. The number of hydrogen-bond donors (Lipinski definition) is 2. The van der Waals surface area contributed by atoms with Crippen LogP contribution in [0.2, 0.25) is 0 Å². The van der Waals surface area contributed by atoms with Crippen LogP contribution in [0.5, 0.6) is 0 Å². The summed E-state index contributed by atoms with van der Waals surface area (Å²) in [5.74, 6) is -1.35. The van der Waals surface area contributed by atoms with E-state index in [1.165, 1.54) is 34.8 Å². The van der Waals surface area contributed by atoms with E-state index in [1.54, 1.807) is 17.9 Å². The first-order chi connectivity index (χ1) is 10.5. The first-order valence-electron chi connectivity index (χ1n) is 6.61. The van der Waals surface area contributed by atoms with Crippen molar-refractivity contribution in [2.24, 2.45) is 5.92 Å². The Kier molecular flexibility index (Phi) is 4.15. The number of carbonyl (C=O) groups excluding carboxylic acids is 1. The number of aliphatic hydroxyl groups is 1. The quantitative estimate of drug-likeness (QED) is 0.705. The van der Waals surface area contributed by atoms with Gasteiger partial charge < -0.3 is 10.2 Å².